The van der Waals surface area contributed by atoms with E-state index in [0.29, 0.717) is 27.4 Å². The highest BCUT2D eigenvalue weighted by molar-refractivity contribution is 6.40. The number of aryl methyl sites for hydroxylation is 1. The summed E-state index contributed by atoms with van der Waals surface area (Å²) in [5, 5.41) is 6.49. The highest BCUT2D eigenvalue weighted by Gasteiger charge is 2.14. The maximum absolute atomic E-state index is 12.4. The van der Waals surface area contributed by atoms with E-state index in [1.165, 1.54) is 0 Å². The summed E-state index contributed by atoms with van der Waals surface area (Å²) < 4.78 is 0. The van der Waals surface area contributed by atoms with Gasteiger partial charge < -0.3 is 10.6 Å². The molecule has 1 aromatic carbocycles. The monoisotopic (exact) mass is 338 g/mol. The quantitative estimate of drug-likeness (QED) is 0.878. The zero-order chi connectivity index (χ0) is 16.3. The minimum atomic E-state index is -0.396. The Bertz CT molecular complexity index is 684. The molecule has 0 aliphatic carbocycles. The van der Waals surface area contributed by atoms with E-state index in [-0.39, 0.29) is 11.7 Å². The standard InChI is InChI=1S/C15H16Cl2N4O/c1-8(2)18-15-19-9(3)7-12(20-15)14(22)21-13-10(16)5-4-6-11(13)17/h4-8H,1-3H3,(H,21,22)(H,18,19,20). The Morgan fingerprint density at radius 2 is 1.82 bits per heavy atom. The van der Waals surface area contributed by atoms with E-state index in [1.807, 2.05) is 13.8 Å². The molecule has 0 unspecified atom stereocenters. The molecule has 2 N–H and O–H groups in total. The minimum absolute atomic E-state index is 0.163. The summed E-state index contributed by atoms with van der Waals surface area (Å²) in [6.07, 6.45) is 0. The van der Waals surface area contributed by atoms with Crippen LogP contribution in [0.2, 0.25) is 10.0 Å². The van der Waals surface area contributed by atoms with Gasteiger partial charge in [0.15, 0.2) is 0 Å². The third-order valence-electron chi connectivity index (χ3n) is 2.71. The molecule has 0 spiro atoms. The number of carbonyl (C=O) groups is 1. The second-order valence-electron chi connectivity index (χ2n) is 5.07. The molecule has 1 aromatic heterocycles. The second-order valence-corrected chi connectivity index (χ2v) is 5.88. The van der Waals surface area contributed by atoms with Crippen molar-refractivity contribution in [2.24, 2.45) is 0 Å². The Morgan fingerprint density at radius 3 is 2.41 bits per heavy atom. The summed E-state index contributed by atoms with van der Waals surface area (Å²) in [5.74, 6) is 0.0118. The zero-order valence-electron chi connectivity index (χ0n) is 12.4. The van der Waals surface area contributed by atoms with E-state index >= 15 is 0 Å². The first kappa shape index (κ1) is 16.5. The molecule has 0 aliphatic heterocycles. The van der Waals surface area contributed by atoms with Crippen LogP contribution < -0.4 is 10.6 Å². The van der Waals surface area contributed by atoms with Gasteiger partial charge in [0.05, 0.1) is 15.7 Å². The number of anilines is 2. The molecule has 22 heavy (non-hydrogen) atoms. The maximum atomic E-state index is 12.4. The number of para-hydroxylation sites is 1. The molecular weight excluding hydrogens is 323 g/mol. The number of nitrogens with zero attached hydrogens (tertiary/aromatic N) is 2. The van der Waals surface area contributed by atoms with E-state index < -0.39 is 5.91 Å². The highest BCUT2D eigenvalue weighted by Crippen LogP contribution is 2.30. The van der Waals surface area contributed by atoms with Crippen LogP contribution in [0.15, 0.2) is 24.3 Å². The summed E-state index contributed by atoms with van der Waals surface area (Å²) in [6, 6.07) is 6.78. The first-order chi connectivity index (χ1) is 10.4. The fourth-order valence-corrected chi connectivity index (χ4v) is 2.29. The van der Waals surface area contributed by atoms with Gasteiger partial charge in [0.2, 0.25) is 5.95 Å². The maximum Gasteiger partial charge on any atom is 0.274 e. The Hall–Kier alpha value is -1.85. The predicted molar refractivity (Wildman–Crippen MR) is 89.9 cm³/mol. The molecule has 1 heterocycles. The van der Waals surface area contributed by atoms with Gasteiger partial charge in [0, 0.05) is 11.7 Å². The number of benzene rings is 1. The second kappa shape index (κ2) is 6.94. The molecule has 0 bridgehead atoms. The Labute approximate surface area is 139 Å². The number of carbonyl (C=O) groups excluding carboxylic acids is 1. The molecule has 2 aromatic rings. The lowest BCUT2D eigenvalue weighted by Crippen LogP contribution is -2.18. The third kappa shape index (κ3) is 4.08. The van der Waals surface area contributed by atoms with Crippen molar-refractivity contribution in [3.8, 4) is 0 Å². The lowest BCUT2D eigenvalue weighted by Gasteiger charge is -2.12. The van der Waals surface area contributed by atoms with Crippen LogP contribution in [0.25, 0.3) is 0 Å². The number of hydrogen-bond acceptors (Lipinski definition) is 4. The van der Waals surface area contributed by atoms with E-state index in [4.69, 9.17) is 23.2 Å². The SMILES string of the molecule is Cc1cc(C(=O)Nc2c(Cl)cccc2Cl)nc(NC(C)C)n1. The number of nitrogens with one attached hydrogen (secondary N) is 2. The van der Waals surface area contributed by atoms with Crippen LogP contribution in [0, 0.1) is 6.92 Å². The van der Waals surface area contributed by atoms with Crippen LogP contribution in [-0.4, -0.2) is 21.9 Å². The lowest BCUT2D eigenvalue weighted by atomic mass is 10.2. The molecule has 2 rings (SSSR count). The molecule has 0 aliphatic rings. The van der Waals surface area contributed by atoms with Gasteiger partial charge in [-0.15, -0.1) is 0 Å². The van der Waals surface area contributed by atoms with Crippen molar-refractivity contribution in [3.63, 3.8) is 0 Å². The molecule has 5 nitrogen and oxygen atoms in total. The van der Waals surface area contributed by atoms with Crippen molar-refractivity contribution in [1.82, 2.24) is 9.97 Å². The molecule has 1 amide bonds. The average Bonchev–Trinajstić information content (AvgIpc) is 2.41. The van der Waals surface area contributed by atoms with Gasteiger partial charge in [-0.1, -0.05) is 29.3 Å². The summed E-state index contributed by atoms with van der Waals surface area (Å²) in [6.45, 7) is 5.73. The summed E-state index contributed by atoms with van der Waals surface area (Å²) in [5.41, 5.74) is 1.30. The van der Waals surface area contributed by atoms with E-state index in [9.17, 15) is 4.79 Å². The first-order valence-electron chi connectivity index (χ1n) is 6.74. The van der Waals surface area contributed by atoms with Gasteiger partial charge in [-0.05, 0) is 39.0 Å². The molecule has 0 saturated heterocycles. The minimum Gasteiger partial charge on any atom is -0.352 e. The summed E-state index contributed by atoms with van der Waals surface area (Å²) >= 11 is 12.1. The van der Waals surface area contributed by atoms with Gasteiger partial charge >= 0.3 is 0 Å². The number of amides is 1. The molecule has 7 heteroatoms. The average molecular weight is 339 g/mol. The van der Waals surface area contributed by atoms with E-state index in [0.717, 1.165) is 0 Å². The van der Waals surface area contributed by atoms with Crippen LogP contribution in [-0.2, 0) is 0 Å². The third-order valence-corrected chi connectivity index (χ3v) is 3.34. The van der Waals surface area contributed by atoms with Crippen molar-refractivity contribution in [1.29, 1.82) is 0 Å². The molecule has 116 valence electrons. The van der Waals surface area contributed by atoms with Crippen LogP contribution in [0.5, 0.6) is 0 Å². The zero-order valence-corrected chi connectivity index (χ0v) is 14.0. The van der Waals surface area contributed by atoms with Crippen molar-refractivity contribution in [3.05, 3.63) is 45.7 Å². The Balaban J connectivity index is 2.28. The van der Waals surface area contributed by atoms with Gasteiger partial charge in [-0.3, -0.25) is 4.79 Å². The smallest absolute Gasteiger partial charge is 0.274 e. The summed E-state index contributed by atoms with van der Waals surface area (Å²) in [4.78, 5) is 20.8. The largest absolute Gasteiger partial charge is 0.352 e. The first-order valence-corrected chi connectivity index (χ1v) is 7.50. The summed E-state index contributed by atoms with van der Waals surface area (Å²) in [7, 11) is 0. The number of aromatic nitrogens is 2. The van der Waals surface area contributed by atoms with Gasteiger partial charge in [0.1, 0.15) is 5.69 Å². The number of rotatable bonds is 4. The van der Waals surface area contributed by atoms with Gasteiger partial charge in [-0.25, -0.2) is 9.97 Å². The van der Waals surface area contributed by atoms with Crippen molar-refractivity contribution < 1.29 is 4.79 Å². The van der Waals surface area contributed by atoms with Crippen molar-refractivity contribution >= 4 is 40.7 Å². The normalized spacial score (nSPS) is 10.6. The Kier molecular flexibility index (Phi) is 5.21. The van der Waals surface area contributed by atoms with Crippen LogP contribution in [0.3, 0.4) is 0 Å². The van der Waals surface area contributed by atoms with Crippen LogP contribution >= 0.6 is 23.2 Å². The lowest BCUT2D eigenvalue weighted by molar-refractivity contribution is 0.102. The topological polar surface area (TPSA) is 66.9 Å². The number of hydrogen-bond donors (Lipinski definition) is 2. The fourth-order valence-electron chi connectivity index (χ4n) is 1.80. The molecule has 0 fully saturated rings. The molecule has 0 radical (unpaired) electrons. The van der Waals surface area contributed by atoms with E-state index in [2.05, 4.69) is 20.6 Å². The van der Waals surface area contributed by atoms with Crippen LogP contribution in [0.4, 0.5) is 11.6 Å². The van der Waals surface area contributed by atoms with Crippen molar-refractivity contribution in [2.75, 3.05) is 10.6 Å². The molecule has 0 saturated carbocycles. The number of halogens is 2. The van der Waals surface area contributed by atoms with Gasteiger partial charge in [0.25, 0.3) is 5.91 Å². The Morgan fingerprint density at radius 1 is 1.18 bits per heavy atom. The highest BCUT2D eigenvalue weighted by atomic mass is 35.5. The predicted octanol–water partition coefficient (Wildman–Crippen LogP) is 4.16. The molecular formula is C15H16Cl2N4O. The van der Waals surface area contributed by atoms with E-state index in [1.54, 1.807) is 31.2 Å². The van der Waals surface area contributed by atoms with Gasteiger partial charge in [-0.2, -0.15) is 0 Å². The fraction of sp³-hybridized carbons (Fsp3) is 0.267. The molecule has 0 atom stereocenters. The van der Waals surface area contributed by atoms with Crippen molar-refractivity contribution in [2.45, 2.75) is 26.8 Å². The van der Waals surface area contributed by atoms with Crippen LogP contribution in [0.1, 0.15) is 30.0 Å².